The Hall–Kier alpha value is -2.98. The molecule has 1 N–H and O–H groups in total. The molecule has 1 aliphatic rings. The predicted octanol–water partition coefficient (Wildman–Crippen LogP) is 3.33. The number of methoxy groups -OCH3 is 1. The third-order valence-electron chi connectivity index (χ3n) is 6.11. The maximum absolute atomic E-state index is 13.0. The van der Waals surface area contributed by atoms with Crippen LogP contribution in [0.15, 0.2) is 23.1 Å². The Bertz CT molecular complexity index is 1220. The molecule has 184 valence electrons. The highest BCUT2D eigenvalue weighted by molar-refractivity contribution is 7.89. The number of nitrogens with one attached hydrogen (secondary N) is 1. The molecule has 1 aromatic carbocycles. The first kappa shape index (κ1) is 25.6. The van der Waals surface area contributed by atoms with Gasteiger partial charge in [-0.05, 0) is 63.8 Å². The van der Waals surface area contributed by atoms with Crippen LogP contribution in [0, 0.1) is 20.8 Å². The van der Waals surface area contributed by atoms with Crippen LogP contribution in [0.4, 0.5) is 0 Å². The lowest BCUT2D eigenvalue weighted by Crippen LogP contribution is -2.35. The number of benzene rings is 1. The smallest absolute Gasteiger partial charge is 0.339 e. The summed E-state index contributed by atoms with van der Waals surface area (Å²) in [6.45, 7) is 7.24. The van der Waals surface area contributed by atoms with E-state index in [-0.39, 0.29) is 21.7 Å². The Morgan fingerprint density at radius 3 is 2.29 bits per heavy atom. The number of H-pyrrole nitrogens is 1. The number of rotatable bonds is 7. The van der Waals surface area contributed by atoms with E-state index in [0.717, 1.165) is 19.3 Å². The zero-order valence-electron chi connectivity index (χ0n) is 20.1. The molecule has 2 heterocycles. The molecule has 0 radical (unpaired) electrons. The highest BCUT2D eigenvalue weighted by Crippen LogP contribution is 2.25. The summed E-state index contributed by atoms with van der Waals surface area (Å²) in [6.07, 6.45) is 1.42. The quantitative estimate of drug-likeness (QED) is 0.466. The first-order valence-electron chi connectivity index (χ1n) is 11.1. The number of aryl methyl sites for hydroxylation is 2. The largest absolute Gasteiger partial charge is 0.465 e. The normalized spacial score (nSPS) is 15.6. The number of ether oxygens (including phenoxy) is 2. The maximum atomic E-state index is 13.0. The maximum Gasteiger partial charge on any atom is 0.339 e. The van der Waals surface area contributed by atoms with Crippen molar-refractivity contribution in [1.82, 2.24) is 9.29 Å². The van der Waals surface area contributed by atoms with Gasteiger partial charge in [-0.1, -0.05) is 12.5 Å². The summed E-state index contributed by atoms with van der Waals surface area (Å²) < 4.78 is 37.6. The minimum atomic E-state index is -3.73. The average Bonchev–Trinajstić information content (AvgIpc) is 3.12. The molecule has 10 heteroatoms. The van der Waals surface area contributed by atoms with E-state index in [2.05, 4.69) is 4.98 Å². The van der Waals surface area contributed by atoms with Gasteiger partial charge in [0, 0.05) is 18.8 Å². The molecule has 0 bridgehead atoms. The number of carbonyl (C=O) groups excluding carboxylic acids is 3. The van der Waals surface area contributed by atoms with Gasteiger partial charge in [-0.2, -0.15) is 4.31 Å². The third-order valence-corrected chi connectivity index (χ3v) is 8.00. The van der Waals surface area contributed by atoms with Crippen molar-refractivity contribution in [3.8, 4) is 0 Å². The summed E-state index contributed by atoms with van der Waals surface area (Å²) in [5.74, 6) is -1.89. The van der Waals surface area contributed by atoms with Crippen molar-refractivity contribution >= 4 is 27.7 Å². The van der Waals surface area contributed by atoms with Crippen molar-refractivity contribution in [3.63, 3.8) is 0 Å². The van der Waals surface area contributed by atoms with E-state index in [0.29, 0.717) is 29.9 Å². The minimum Gasteiger partial charge on any atom is -0.465 e. The number of Topliss-reactive ketones (excluding diaryl/α,β-unsaturated/α-hetero) is 1. The van der Waals surface area contributed by atoms with E-state index in [9.17, 15) is 22.8 Å². The fraction of sp³-hybridized carbons (Fsp3) is 0.458. The van der Waals surface area contributed by atoms with E-state index in [1.165, 1.54) is 30.5 Å². The monoisotopic (exact) mass is 490 g/mol. The van der Waals surface area contributed by atoms with Gasteiger partial charge in [0.1, 0.15) is 0 Å². The molecule has 0 aliphatic carbocycles. The van der Waals surface area contributed by atoms with Gasteiger partial charge in [0.2, 0.25) is 15.8 Å². The van der Waals surface area contributed by atoms with E-state index >= 15 is 0 Å². The summed E-state index contributed by atoms with van der Waals surface area (Å²) in [5, 5.41) is 0. The van der Waals surface area contributed by atoms with Crippen molar-refractivity contribution in [2.24, 2.45) is 0 Å². The first-order valence-corrected chi connectivity index (χ1v) is 12.6. The fourth-order valence-corrected chi connectivity index (χ4v) is 5.67. The number of carbonyl (C=O) groups is 3. The molecule has 34 heavy (non-hydrogen) atoms. The number of hydrogen-bond donors (Lipinski definition) is 1. The lowest BCUT2D eigenvalue weighted by molar-refractivity contribution is 0.0315. The van der Waals surface area contributed by atoms with Gasteiger partial charge in [0.05, 0.1) is 28.8 Å². The Kier molecular flexibility index (Phi) is 7.62. The highest BCUT2D eigenvalue weighted by Gasteiger charge is 2.30. The molecule has 3 rings (SSSR count). The van der Waals surface area contributed by atoms with Crippen LogP contribution in [-0.4, -0.2) is 61.7 Å². The van der Waals surface area contributed by atoms with Crippen molar-refractivity contribution < 1.29 is 32.3 Å². The van der Waals surface area contributed by atoms with Gasteiger partial charge < -0.3 is 14.5 Å². The molecule has 1 aliphatic heterocycles. The van der Waals surface area contributed by atoms with E-state index in [4.69, 9.17) is 9.47 Å². The molecule has 0 saturated carbocycles. The highest BCUT2D eigenvalue weighted by atomic mass is 32.2. The van der Waals surface area contributed by atoms with Crippen LogP contribution in [0.5, 0.6) is 0 Å². The second-order valence-electron chi connectivity index (χ2n) is 8.47. The Balaban J connectivity index is 1.82. The molecule has 1 saturated heterocycles. The van der Waals surface area contributed by atoms with E-state index in [1.807, 2.05) is 0 Å². The Morgan fingerprint density at radius 1 is 1.03 bits per heavy atom. The Labute approximate surface area is 199 Å². The van der Waals surface area contributed by atoms with Gasteiger partial charge in [0.15, 0.2) is 6.10 Å². The lowest BCUT2D eigenvalue weighted by Gasteiger charge is -2.26. The zero-order valence-corrected chi connectivity index (χ0v) is 20.9. The summed E-state index contributed by atoms with van der Waals surface area (Å²) in [5.41, 5.74) is 1.89. The van der Waals surface area contributed by atoms with Crippen molar-refractivity contribution in [3.05, 3.63) is 51.8 Å². The molecule has 0 unspecified atom stereocenters. The predicted molar refractivity (Wildman–Crippen MR) is 125 cm³/mol. The third kappa shape index (κ3) is 4.92. The molecule has 1 aromatic heterocycles. The summed E-state index contributed by atoms with van der Waals surface area (Å²) >= 11 is 0. The Morgan fingerprint density at radius 2 is 1.68 bits per heavy atom. The minimum absolute atomic E-state index is 0.0180. The number of ketones is 1. The number of nitrogens with zero attached hydrogens (tertiary/aromatic N) is 1. The van der Waals surface area contributed by atoms with E-state index < -0.39 is 33.8 Å². The zero-order chi connectivity index (χ0) is 25.2. The molecular weight excluding hydrogens is 460 g/mol. The summed E-state index contributed by atoms with van der Waals surface area (Å²) in [6, 6.07) is 4.34. The second kappa shape index (κ2) is 10.1. The molecule has 2 aromatic rings. The average molecular weight is 491 g/mol. The topological polar surface area (TPSA) is 123 Å². The summed E-state index contributed by atoms with van der Waals surface area (Å²) in [4.78, 5) is 40.8. The SMILES string of the molecule is COC(=O)c1c(C)[nH]c(C(=O)[C@H](C)OC(=O)c2cc(S(=O)(=O)N3CCCCC3)ccc2C)c1C. The van der Waals surface area contributed by atoms with Gasteiger partial charge in [-0.25, -0.2) is 18.0 Å². The van der Waals surface area contributed by atoms with Gasteiger partial charge >= 0.3 is 11.9 Å². The van der Waals surface area contributed by atoms with Gasteiger partial charge in [-0.3, -0.25) is 4.79 Å². The van der Waals surface area contributed by atoms with Crippen molar-refractivity contribution in [2.45, 2.75) is 58.0 Å². The number of piperidine rings is 1. The van der Waals surface area contributed by atoms with Crippen molar-refractivity contribution in [1.29, 1.82) is 0 Å². The first-order chi connectivity index (χ1) is 16.0. The number of esters is 2. The number of aromatic amines is 1. The number of hydrogen-bond acceptors (Lipinski definition) is 7. The van der Waals surface area contributed by atoms with Crippen LogP contribution in [0.25, 0.3) is 0 Å². The lowest BCUT2D eigenvalue weighted by atomic mass is 10.1. The van der Waals surface area contributed by atoms with Crippen LogP contribution in [0.2, 0.25) is 0 Å². The second-order valence-corrected chi connectivity index (χ2v) is 10.4. The molecular formula is C24H30N2O7S. The standard InChI is InChI=1S/C24H30N2O7S/c1-14-9-10-18(34(30,31)26-11-7-6-8-12-26)13-19(14)23(28)33-17(4)22(27)21-15(2)20(16(3)25-21)24(29)32-5/h9-10,13,17,25H,6-8,11-12H2,1-5H3/t17-/m0/s1. The number of sulfonamides is 1. The van der Waals surface area contributed by atoms with Gasteiger partial charge in [-0.15, -0.1) is 0 Å². The van der Waals surface area contributed by atoms with Gasteiger partial charge in [0.25, 0.3) is 0 Å². The molecule has 1 atom stereocenters. The van der Waals surface area contributed by atoms with Crippen LogP contribution < -0.4 is 0 Å². The van der Waals surface area contributed by atoms with Crippen molar-refractivity contribution in [2.75, 3.05) is 20.2 Å². The molecule has 9 nitrogen and oxygen atoms in total. The van der Waals surface area contributed by atoms with Crippen LogP contribution in [-0.2, 0) is 19.5 Å². The van der Waals surface area contributed by atoms with Crippen LogP contribution in [0.3, 0.4) is 0 Å². The van der Waals surface area contributed by atoms with Crippen LogP contribution >= 0.6 is 0 Å². The van der Waals surface area contributed by atoms with Crippen LogP contribution in [0.1, 0.15) is 74.2 Å². The molecule has 0 spiro atoms. The molecule has 1 fully saturated rings. The fourth-order valence-electron chi connectivity index (χ4n) is 4.12. The molecule has 0 amide bonds. The number of aromatic nitrogens is 1. The van der Waals surface area contributed by atoms with E-state index in [1.54, 1.807) is 26.8 Å². The summed E-state index contributed by atoms with van der Waals surface area (Å²) in [7, 11) is -2.48.